The van der Waals surface area contributed by atoms with Gasteiger partial charge in [0, 0.05) is 65.5 Å². The Morgan fingerprint density at radius 2 is 0.957 bits per heavy atom. The van der Waals surface area contributed by atoms with Crippen molar-refractivity contribution in [3.8, 4) is 39.1 Å². The zero-order valence-electron chi connectivity index (χ0n) is 38.2. The molecule has 3 unspecified atom stereocenters. The van der Waals surface area contributed by atoms with Gasteiger partial charge in [-0.05, 0) is 141 Å². The standard InChI is InChI=1S/C67H44N2S/c1-3-17-45(18-4-1)68(48-33-35-54-53-25-11-15-29-61(53)67(62(54)42-48)59-27-13-9-23-51(59)49-21-7-8-22-50(49)52-24-10-14-28-60(52)67)47-34-38-66-58(41-47)57-40-44(32-37-65(57)70-66)43-31-36-64-56(39-43)55-26-12-16-30-63(55)69(64)46-19-5-2-6-20-46/h1-42,51,59H. The molecule has 2 nitrogen and oxygen atoms in total. The Labute approximate surface area is 411 Å². The van der Waals surface area contributed by atoms with E-state index in [1.807, 2.05) is 11.3 Å². The van der Waals surface area contributed by atoms with Crippen molar-refractivity contribution in [1.29, 1.82) is 0 Å². The highest BCUT2D eigenvalue weighted by Gasteiger charge is 2.54. The van der Waals surface area contributed by atoms with Crippen LogP contribution in [0.1, 0.15) is 28.2 Å². The Morgan fingerprint density at radius 1 is 0.386 bits per heavy atom. The minimum absolute atomic E-state index is 0.149. The highest BCUT2D eigenvalue weighted by molar-refractivity contribution is 7.25. The number of para-hydroxylation sites is 3. The van der Waals surface area contributed by atoms with Crippen LogP contribution in [0.2, 0.25) is 0 Å². The normalized spacial score (nSPS) is 17.4. The van der Waals surface area contributed by atoms with Crippen molar-refractivity contribution in [2.45, 2.75) is 11.3 Å². The molecular formula is C67H44N2S. The number of benzene rings is 10. The van der Waals surface area contributed by atoms with Gasteiger partial charge in [-0.2, -0.15) is 0 Å². The smallest absolute Gasteiger partial charge is 0.0541 e. The molecule has 0 amide bonds. The number of hydrogen-bond donors (Lipinski definition) is 0. The van der Waals surface area contributed by atoms with E-state index in [-0.39, 0.29) is 11.8 Å². The monoisotopic (exact) mass is 908 g/mol. The van der Waals surface area contributed by atoms with Gasteiger partial charge in [0.05, 0.1) is 16.4 Å². The molecule has 15 rings (SSSR count). The predicted octanol–water partition coefficient (Wildman–Crippen LogP) is 18.1. The quantitative estimate of drug-likeness (QED) is 0.167. The SMILES string of the molecule is C1=CC2c3ccccc3-c3ccccc3C3(c4ccccc4-c4ccc(N(c5ccccc5)c5ccc6sc7ccc(-c8ccc9c(c8)c8ccccc8n9-c8ccccc8)cc7c6c5)cc43)C2C=C1. The van der Waals surface area contributed by atoms with Gasteiger partial charge in [-0.25, -0.2) is 0 Å². The fourth-order valence-electron chi connectivity index (χ4n) is 12.8. The van der Waals surface area contributed by atoms with E-state index in [9.17, 15) is 0 Å². The molecule has 12 aromatic rings. The molecule has 0 radical (unpaired) electrons. The van der Waals surface area contributed by atoms with Crippen LogP contribution in [-0.4, -0.2) is 4.57 Å². The van der Waals surface area contributed by atoms with Gasteiger partial charge < -0.3 is 9.47 Å². The summed E-state index contributed by atoms with van der Waals surface area (Å²) >= 11 is 1.87. The third kappa shape index (κ3) is 5.61. The Kier molecular flexibility index (Phi) is 8.60. The number of fused-ring (bicyclic) bond motifs is 18. The topological polar surface area (TPSA) is 8.17 Å². The summed E-state index contributed by atoms with van der Waals surface area (Å²) in [6, 6.07) is 86.4. The second-order valence-corrected chi connectivity index (χ2v) is 20.2. The highest BCUT2D eigenvalue weighted by atomic mass is 32.1. The lowest BCUT2D eigenvalue weighted by molar-refractivity contribution is 0.422. The molecule has 1 spiro atoms. The van der Waals surface area contributed by atoms with Crippen molar-refractivity contribution < 1.29 is 0 Å². The van der Waals surface area contributed by atoms with E-state index in [1.54, 1.807) is 0 Å². The van der Waals surface area contributed by atoms with E-state index < -0.39 is 5.41 Å². The molecule has 2 heterocycles. The molecule has 3 heteroatoms. The van der Waals surface area contributed by atoms with Gasteiger partial charge in [0.1, 0.15) is 0 Å². The lowest BCUT2D eigenvalue weighted by atomic mass is 9.59. The van der Waals surface area contributed by atoms with Crippen molar-refractivity contribution >= 4 is 70.4 Å². The van der Waals surface area contributed by atoms with Crippen molar-refractivity contribution in [2.24, 2.45) is 5.92 Å². The Morgan fingerprint density at radius 3 is 1.77 bits per heavy atom. The van der Waals surface area contributed by atoms with E-state index in [0.29, 0.717) is 0 Å². The van der Waals surface area contributed by atoms with Gasteiger partial charge in [0.2, 0.25) is 0 Å². The van der Waals surface area contributed by atoms with E-state index in [2.05, 4.69) is 264 Å². The lowest BCUT2D eigenvalue weighted by Gasteiger charge is -2.42. The zero-order valence-corrected chi connectivity index (χ0v) is 39.0. The Bertz CT molecular complexity index is 4150. The summed E-state index contributed by atoms with van der Waals surface area (Å²) in [6.45, 7) is 0. The van der Waals surface area contributed by atoms with Gasteiger partial charge >= 0.3 is 0 Å². The van der Waals surface area contributed by atoms with Crippen molar-refractivity contribution in [3.05, 3.63) is 277 Å². The lowest BCUT2D eigenvalue weighted by Crippen LogP contribution is -2.38. The molecule has 3 aliphatic rings. The minimum atomic E-state index is -0.449. The summed E-state index contributed by atoms with van der Waals surface area (Å²) in [5.74, 6) is 0.341. The summed E-state index contributed by atoms with van der Waals surface area (Å²) in [5.41, 5.74) is 19.8. The van der Waals surface area contributed by atoms with Crippen LogP contribution < -0.4 is 4.90 Å². The van der Waals surface area contributed by atoms with Gasteiger partial charge in [0.15, 0.2) is 0 Å². The molecule has 0 fully saturated rings. The second kappa shape index (κ2) is 15.3. The van der Waals surface area contributed by atoms with Crippen molar-refractivity contribution in [1.82, 2.24) is 4.57 Å². The number of rotatable bonds is 5. The molecular weight excluding hydrogens is 865 g/mol. The van der Waals surface area contributed by atoms with Crippen LogP contribution in [0.15, 0.2) is 255 Å². The summed E-state index contributed by atoms with van der Waals surface area (Å²) in [4.78, 5) is 2.48. The fraction of sp³-hybridized carbons (Fsp3) is 0.0448. The third-order valence-corrected chi connectivity index (χ3v) is 16.8. The van der Waals surface area contributed by atoms with Crippen LogP contribution in [0.4, 0.5) is 17.1 Å². The third-order valence-electron chi connectivity index (χ3n) is 15.7. The molecule has 70 heavy (non-hydrogen) atoms. The van der Waals surface area contributed by atoms with E-state index in [0.717, 1.165) is 17.1 Å². The average molecular weight is 909 g/mol. The molecule has 2 aromatic heterocycles. The molecule has 0 bridgehead atoms. The molecule has 3 atom stereocenters. The van der Waals surface area contributed by atoms with Crippen LogP contribution in [0.5, 0.6) is 0 Å². The van der Waals surface area contributed by atoms with Crippen molar-refractivity contribution in [2.75, 3.05) is 4.90 Å². The van der Waals surface area contributed by atoms with Crippen LogP contribution in [0, 0.1) is 5.92 Å². The van der Waals surface area contributed by atoms with Crippen LogP contribution in [-0.2, 0) is 5.41 Å². The van der Waals surface area contributed by atoms with Crippen LogP contribution in [0.25, 0.3) is 81.0 Å². The maximum Gasteiger partial charge on any atom is 0.0541 e. The largest absolute Gasteiger partial charge is 0.310 e. The van der Waals surface area contributed by atoms with E-state index in [4.69, 9.17) is 0 Å². The van der Waals surface area contributed by atoms with E-state index in [1.165, 1.54) is 103 Å². The van der Waals surface area contributed by atoms with Gasteiger partial charge in [-0.3, -0.25) is 0 Å². The molecule has 3 aliphatic carbocycles. The summed E-state index contributed by atoms with van der Waals surface area (Å²) in [5, 5.41) is 5.07. The van der Waals surface area contributed by atoms with Crippen molar-refractivity contribution in [3.63, 3.8) is 0 Å². The summed E-state index contributed by atoms with van der Waals surface area (Å²) < 4.78 is 4.96. The van der Waals surface area contributed by atoms with E-state index >= 15 is 0 Å². The first kappa shape index (κ1) is 39.5. The number of thiophene rings is 1. The number of hydrogen-bond acceptors (Lipinski definition) is 2. The zero-order chi connectivity index (χ0) is 45.9. The molecule has 0 N–H and O–H groups in total. The molecule has 0 saturated heterocycles. The maximum atomic E-state index is 2.54. The number of aromatic nitrogens is 1. The molecule has 328 valence electrons. The molecule has 0 aliphatic heterocycles. The first-order valence-electron chi connectivity index (χ1n) is 24.4. The van der Waals surface area contributed by atoms with Gasteiger partial charge in [-0.15, -0.1) is 11.3 Å². The maximum absolute atomic E-state index is 2.54. The first-order chi connectivity index (χ1) is 34.7. The van der Waals surface area contributed by atoms with Gasteiger partial charge in [-0.1, -0.05) is 170 Å². The van der Waals surface area contributed by atoms with Gasteiger partial charge in [0.25, 0.3) is 0 Å². The number of allylic oxidation sites excluding steroid dienone is 4. The number of nitrogens with zero attached hydrogens (tertiary/aromatic N) is 2. The Balaban J connectivity index is 0.909. The average Bonchev–Trinajstić information content (AvgIpc) is 4.04. The number of anilines is 3. The van der Waals surface area contributed by atoms with Crippen LogP contribution >= 0.6 is 11.3 Å². The second-order valence-electron chi connectivity index (χ2n) is 19.1. The Hall–Kier alpha value is -8.50. The predicted molar refractivity (Wildman–Crippen MR) is 295 cm³/mol. The van der Waals surface area contributed by atoms with Crippen LogP contribution in [0.3, 0.4) is 0 Å². The summed E-state index contributed by atoms with van der Waals surface area (Å²) in [7, 11) is 0. The molecule has 0 saturated carbocycles. The fourth-order valence-corrected chi connectivity index (χ4v) is 13.9. The summed E-state index contributed by atoms with van der Waals surface area (Å²) in [6.07, 6.45) is 9.50. The first-order valence-corrected chi connectivity index (χ1v) is 25.2. The minimum Gasteiger partial charge on any atom is -0.310 e. The highest BCUT2D eigenvalue weighted by Crippen LogP contribution is 2.64. The molecule has 10 aromatic carbocycles.